The normalized spacial score (nSPS) is 16.6. The molecule has 3 rings (SSSR count). The van der Waals surface area contributed by atoms with E-state index in [0.717, 1.165) is 17.7 Å². The van der Waals surface area contributed by atoms with E-state index in [2.05, 4.69) is 5.32 Å². The van der Waals surface area contributed by atoms with E-state index < -0.39 is 6.10 Å². The molecule has 1 aliphatic heterocycles. The molecule has 0 radical (unpaired) electrons. The van der Waals surface area contributed by atoms with Gasteiger partial charge in [-0.3, -0.25) is 9.69 Å². The van der Waals surface area contributed by atoms with Gasteiger partial charge in [0.05, 0.1) is 19.3 Å². The molecule has 1 amide bonds. The molecule has 0 bridgehead atoms. The lowest BCUT2D eigenvalue weighted by Crippen LogP contribution is -2.50. The second kappa shape index (κ2) is 8.76. The largest absolute Gasteiger partial charge is 0.389 e. The standard InChI is InChI=1S/C20H24N2O3/c23-18(13-22-12-11-21-19(24)14-22)15-25-20(16-7-3-1-4-8-16)17-9-5-2-6-10-17/h1-10,18,20,23H,11-15H2,(H,21,24)/t18-/m1/s1. The fourth-order valence-electron chi connectivity index (χ4n) is 3.05. The van der Waals surface area contributed by atoms with Crippen molar-refractivity contribution in [2.75, 3.05) is 32.8 Å². The van der Waals surface area contributed by atoms with Crippen LogP contribution in [0.15, 0.2) is 60.7 Å². The molecule has 0 aliphatic carbocycles. The Balaban J connectivity index is 1.62. The van der Waals surface area contributed by atoms with Gasteiger partial charge in [0.1, 0.15) is 6.10 Å². The van der Waals surface area contributed by atoms with E-state index in [1.807, 2.05) is 65.6 Å². The molecule has 1 fully saturated rings. The van der Waals surface area contributed by atoms with Crippen molar-refractivity contribution in [1.29, 1.82) is 0 Å². The molecule has 1 heterocycles. The predicted octanol–water partition coefficient (Wildman–Crippen LogP) is 1.59. The number of piperazine rings is 1. The van der Waals surface area contributed by atoms with Gasteiger partial charge < -0.3 is 15.2 Å². The Kier molecular flexibility index (Phi) is 6.17. The summed E-state index contributed by atoms with van der Waals surface area (Å²) < 4.78 is 6.07. The highest BCUT2D eigenvalue weighted by Crippen LogP contribution is 2.25. The van der Waals surface area contributed by atoms with Crippen LogP contribution in [0.1, 0.15) is 17.2 Å². The molecule has 132 valence electrons. The number of benzene rings is 2. The quantitative estimate of drug-likeness (QED) is 0.803. The van der Waals surface area contributed by atoms with Crippen LogP contribution in [0.5, 0.6) is 0 Å². The third kappa shape index (κ3) is 5.13. The molecular weight excluding hydrogens is 316 g/mol. The first-order chi connectivity index (χ1) is 12.2. The average molecular weight is 340 g/mol. The molecule has 0 aromatic heterocycles. The summed E-state index contributed by atoms with van der Waals surface area (Å²) in [6.07, 6.45) is -0.859. The van der Waals surface area contributed by atoms with Crippen LogP contribution in [0.4, 0.5) is 0 Å². The Labute approximate surface area is 148 Å². The van der Waals surface area contributed by atoms with Crippen LogP contribution in [-0.4, -0.2) is 54.8 Å². The van der Waals surface area contributed by atoms with Gasteiger partial charge in [-0.15, -0.1) is 0 Å². The lowest BCUT2D eigenvalue weighted by molar-refractivity contribution is -0.124. The lowest BCUT2D eigenvalue weighted by atomic mass is 10.0. The van der Waals surface area contributed by atoms with Gasteiger partial charge in [-0.25, -0.2) is 0 Å². The second-order valence-electron chi connectivity index (χ2n) is 6.27. The molecular formula is C20H24N2O3. The molecule has 0 unspecified atom stereocenters. The van der Waals surface area contributed by atoms with Gasteiger partial charge in [0.25, 0.3) is 0 Å². The van der Waals surface area contributed by atoms with Crippen LogP contribution in [0.2, 0.25) is 0 Å². The molecule has 0 spiro atoms. The van der Waals surface area contributed by atoms with Gasteiger partial charge >= 0.3 is 0 Å². The van der Waals surface area contributed by atoms with Crippen LogP contribution in [0.25, 0.3) is 0 Å². The number of carbonyl (C=O) groups is 1. The first-order valence-corrected chi connectivity index (χ1v) is 8.61. The minimum absolute atomic E-state index is 0.00539. The van der Waals surface area contributed by atoms with E-state index >= 15 is 0 Å². The van der Waals surface area contributed by atoms with Crippen LogP contribution in [0.3, 0.4) is 0 Å². The fourth-order valence-corrected chi connectivity index (χ4v) is 3.05. The summed E-state index contributed by atoms with van der Waals surface area (Å²) in [6.45, 7) is 2.36. The highest BCUT2D eigenvalue weighted by Gasteiger charge is 2.21. The summed E-state index contributed by atoms with van der Waals surface area (Å²) in [5.41, 5.74) is 2.11. The van der Waals surface area contributed by atoms with E-state index in [0.29, 0.717) is 19.6 Å². The van der Waals surface area contributed by atoms with Gasteiger partial charge in [-0.2, -0.15) is 0 Å². The minimum Gasteiger partial charge on any atom is -0.389 e. The molecule has 2 aromatic carbocycles. The van der Waals surface area contributed by atoms with Crippen LogP contribution in [0, 0.1) is 0 Å². The molecule has 2 N–H and O–H groups in total. The third-order valence-corrected chi connectivity index (χ3v) is 4.25. The predicted molar refractivity (Wildman–Crippen MR) is 96.1 cm³/mol. The van der Waals surface area contributed by atoms with Crippen LogP contribution in [-0.2, 0) is 9.53 Å². The highest BCUT2D eigenvalue weighted by atomic mass is 16.5. The molecule has 1 aliphatic rings. The van der Waals surface area contributed by atoms with Crippen molar-refractivity contribution >= 4 is 5.91 Å². The van der Waals surface area contributed by atoms with Crippen molar-refractivity contribution in [2.45, 2.75) is 12.2 Å². The molecule has 5 nitrogen and oxygen atoms in total. The number of carbonyl (C=O) groups excluding carboxylic acids is 1. The molecule has 0 saturated carbocycles. The van der Waals surface area contributed by atoms with E-state index in [4.69, 9.17) is 4.74 Å². The van der Waals surface area contributed by atoms with E-state index in [1.165, 1.54) is 0 Å². The molecule has 1 saturated heterocycles. The van der Waals surface area contributed by atoms with Crippen LogP contribution < -0.4 is 5.32 Å². The maximum Gasteiger partial charge on any atom is 0.234 e. The number of β-amino-alcohol motifs (C(OH)–C–C–N with tert-alkyl or cyclic N) is 1. The lowest BCUT2D eigenvalue weighted by Gasteiger charge is -2.29. The zero-order valence-corrected chi connectivity index (χ0v) is 14.2. The number of nitrogens with one attached hydrogen (secondary N) is 1. The Morgan fingerprint density at radius 2 is 1.64 bits per heavy atom. The number of nitrogens with zero attached hydrogens (tertiary/aromatic N) is 1. The SMILES string of the molecule is O=C1CN(C[C@@H](O)COC(c2ccccc2)c2ccccc2)CCN1. The van der Waals surface area contributed by atoms with Crippen molar-refractivity contribution in [2.24, 2.45) is 0 Å². The smallest absolute Gasteiger partial charge is 0.234 e. The maximum absolute atomic E-state index is 11.4. The topological polar surface area (TPSA) is 61.8 Å². The zero-order chi connectivity index (χ0) is 17.5. The van der Waals surface area contributed by atoms with Gasteiger partial charge in [-0.05, 0) is 11.1 Å². The van der Waals surface area contributed by atoms with E-state index in [1.54, 1.807) is 0 Å². The highest BCUT2D eigenvalue weighted by molar-refractivity contribution is 5.78. The Morgan fingerprint density at radius 3 is 2.20 bits per heavy atom. The summed E-state index contributed by atoms with van der Waals surface area (Å²) >= 11 is 0. The van der Waals surface area contributed by atoms with Crippen molar-refractivity contribution in [3.05, 3.63) is 71.8 Å². The first-order valence-electron chi connectivity index (χ1n) is 8.61. The van der Waals surface area contributed by atoms with Crippen molar-refractivity contribution < 1.29 is 14.6 Å². The minimum atomic E-state index is -0.638. The number of ether oxygens (including phenoxy) is 1. The van der Waals surface area contributed by atoms with Crippen molar-refractivity contribution in [1.82, 2.24) is 10.2 Å². The number of aliphatic hydroxyl groups excluding tert-OH is 1. The van der Waals surface area contributed by atoms with E-state index in [-0.39, 0.29) is 18.6 Å². The molecule has 5 heteroatoms. The van der Waals surface area contributed by atoms with Crippen LogP contribution >= 0.6 is 0 Å². The van der Waals surface area contributed by atoms with Gasteiger partial charge in [0.2, 0.25) is 5.91 Å². The summed E-state index contributed by atoms with van der Waals surface area (Å²) in [4.78, 5) is 13.4. The van der Waals surface area contributed by atoms with Gasteiger partial charge in [0, 0.05) is 19.6 Å². The monoisotopic (exact) mass is 340 g/mol. The second-order valence-corrected chi connectivity index (χ2v) is 6.27. The Hall–Kier alpha value is -2.21. The number of hydrogen-bond donors (Lipinski definition) is 2. The molecule has 2 aromatic rings. The average Bonchev–Trinajstić information content (AvgIpc) is 2.64. The fraction of sp³-hybridized carbons (Fsp3) is 0.350. The Morgan fingerprint density at radius 1 is 1.04 bits per heavy atom. The first kappa shape index (κ1) is 17.6. The summed E-state index contributed by atoms with van der Waals surface area (Å²) in [5.74, 6) is 0.00539. The number of hydrogen-bond acceptors (Lipinski definition) is 4. The third-order valence-electron chi connectivity index (χ3n) is 4.25. The maximum atomic E-state index is 11.4. The number of aliphatic hydroxyl groups is 1. The van der Waals surface area contributed by atoms with Crippen molar-refractivity contribution in [3.63, 3.8) is 0 Å². The number of rotatable bonds is 7. The summed E-state index contributed by atoms with van der Waals surface area (Å²) in [5, 5.41) is 13.1. The van der Waals surface area contributed by atoms with Gasteiger partial charge in [-0.1, -0.05) is 60.7 Å². The van der Waals surface area contributed by atoms with E-state index in [9.17, 15) is 9.90 Å². The zero-order valence-electron chi connectivity index (χ0n) is 14.2. The summed E-state index contributed by atoms with van der Waals surface area (Å²) in [6, 6.07) is 20.0. The molecule has 1 atom stereocenters. The molecule has 25 heavy (non-hydrogen) atoms. The number of amides is 1. The Bertz CT molecular complexity index is 624. The van der Waals surface area contributed by atoms with Crippen molar-refractivity contribution in [3.8, 4) is 0 Å². The summed E-state index contributed by atoms with van der Waals surface area (Å²) in [7, 11) is 0. The van der Waals surface area contributed by atoms with Gasteiger partial charge in [0.15, 0.2) is 0 Å².